The van der Waals surface area contributed by atoms with Crippen LogP contribution in [0.2, 0.25) is 5.02 Å². The normalized spacial score (nSPS) is 13.0. The van der Waals surface area contributed by atoms with Gasteiger partial charge >= 0.3 is 12.2 Å². The van der Waals surface area contributed by atoms with E-state index in [0.29, 0.717) is 11.6 Å². The number of carbonyl (C=O) groups excluding carboxylic acids is 1. The Morgan fingerprint density at radius 3 is 2.33 bits per heavy atom. The molecule has 1 atom stereocenters. The second-order valence-corrected chi connectivity index (χ2v) is 8.27. The zero-order valence-corrected chi connectivity index (χ0v) is 19.2. The van der Waals surface area contributed by atoms with E-state index in [-0.39, 0.29) is 28.5 Å². The van der Waals surface area contributed by atoms with Gasteiger partial charge in [-0.15, -0.1) is 0 Å². The maximum Gasteiger partial charge on any atom is 0.416 e. The van der Waals surface area contributed by atoms with Gasteiger partial charge in [0.25, 0.3) is 0 Å². The van der Waals surface area contributed by atoms with Crippen LogP contribution in [0.5, 0.6) is 0 Å². The maximum absolute atomic E-state index is 14.6. The Kier molecular flexibility index (Phi) is 7.16. The number of alkyl halides is 3. The molecule has 0 fully saturated rings. The van der Waals surface area contributed by atoms with Crippen LogP contribution in [0.15, 0.2) is 85.5 Å². The van der Waals surface area contributed by atoms with Crippen molar-refractivity contribution in [3.8, 4) is 0 Å². The number of nitrogens with zero attached hydrogens (tertiary/aromatic N) is 3. The van der Waals surface area contributed by atoms with Crippen molar-refractivity contribution in [2.75, 3.05) is 5.32 Å². The van der Waals surface area contributed by atoms with Crippen molar-refractivity contribution in [2.45, 2.75) is 18.1 Å². The highest BCUT2D eigenvalue weighted by Crippen LogP contribution is 2.38. The van der Waals surface area contributed by atoms with E-state index >= 15 is 0 Å². The van der Waals surface area contributed by atoms with Gasteiger partial charge in [-0.1, -0.05) is 41.9 Å². The van der Waals surface area contributed by atoms with Gasteiger partial charge < -0.3 is 5.32 Å². The molecule has 2 aromatic carbocycles. The number of urea groups is 1. The van der Waals surface area contributed by atoms with Gasteiger partial charge in [0.05, 0.1) is 16.3 Å². The number of amides is 2. The highest BCUT2D eigenvalue weighted by atomic mass is 35.5. The van der Waals surface area contributed by atoms with Crippen molar-refractivity contribution in [2.24, 2.45) is 0 Å². The molecule has 36 heavy (non-hydrogen) atoms. The SMILES string of the molecule is O=C(Nc1ccncn1)NC(Cc1ccccc1)(c1cc(F)cc(C(F)(F)F)c1)c1ccc(Cl)cn1. The molecule has 0 aliphatic carbocycles. The average molecular weight is 516 g/mol. The number of aromatic nitrogens is 3. The van der Waals surface area contributed by atoms with Crippen molar-refractivity contribution in [3.63, 3.8) is 0 Å². The molecule has 0 saturated heterocycles. The lowest BCUT2D eigenvalue weighted by atomic mass is 9.80. The Hall–Kier alpha value is -4.05. The molecule has 6 nitrogen and oxygen atoms in total. The van der Waals surface area contributed by atoms with Crippen LogP contribution in [-0.2, 0) is 18.1 Å². The average Bonchev–Trinajstić information content (AvgIpc) is 2.84. The summed E-state index contributed by atoms with van der Waals surface area (Å²) in [5, 5.41) is 5.53. The Morgan fingerprint density at radius 1 is 0.944 bits per heavy atom. The molecule has 11 heteroatoms. The molecular weight excluding hydrogens is 498 g/mol. The van der Waals surface area contributed by atoms with Crippen LogP contribution in [0.3, 0.4) is 0 Å². The van der Waals surface area contributed by atoms with Crippen LogP contribution >= 0.6 is 11.6 Å². The fraction of sp³-hybridized carbons (Fsp3) is 0.120. The second-order valence-electron chi connectivity index (χ2n) is 7.83. The zero-order valence-electron chi connectivity index (χ0n) is 18.4. The zero-order chi connectivity index (χ0) is 25.8. The lowest BCUT2D eigenvalue weighted by Crippen LogP contribution is -2.51. The lowest BCUT2D eigenvalue weighted by molar-refractivity contribution is -0.137. The van der Waals surface area contributed by atoms with Gasteiger partial charge in [0, 0.05) is 18.8 Å². The molecule has 0 aliphatic heterocycles. The van der Waals surface area contributed by atoms with Crippen LogP contribution in [0.25, 0.3) is 0 Å². The number of benzene rings is 2. The molecule has 4 aromatic rings. The van der Waals surface area contributed by atoms with Gasteiger partial charge in [0.15, 0.2) is 0 Å². The number of nitrogens with one attached hydrogen (secondary N) is 2. The minimum atomic E-state index is -4.83. The van der Waals surface area contributed by atoms with E-state index in [4.69, 9.17) is 11.6 Å². The van der Waals surface area contributed by atoms with Crippen LogP contribution in [-0.4, -0.2) is 21.0 Å². The maximum atomic E-state index is 14.6. The number of anilines is 1. The standard InChI is InChI=1S/C25H18ClF4N5O/c26-19-6-7-21(32-14-19)24(13-16-4-2-1-3-5-16,35-23(36)34-22-8-9-31-15-33-22)17-10-18(25(28,29)30)12-20(27)11-17/h1-12,14-15H,13H2,(H2,31,33,34,35,36). The summed E-state index contributed by atoms with van der Waals surface area (Å²) in [7, 11) is 0. The summed E-state index contributed by atoms with van der Waals surface area (Å²) in [4.78, 5) is 25.1. The first-order valence-electron chi connectivity index (χ1n) is 10.6. The summed E-state index contributed by atoms with van der Waals surface area (Å²) >= 11 is 6.01. The van der Waals surface area contributed by atoms with E-state index in [2.05, 4.69) is 25.6 Å². The first-order chi connectivity index (χ1) is 17.2. The molecule has 4 rings (SSSR count). The minimum Gasteiger partial charge on any atom is -0.322 e. The number of pyridine rings is 1. The smallest absolute Gasteiger partial charge is 0.322 e. The molecule has 2 N–H and O–H groups in total. The van der Waals surface area contributed by atoms with E-state index in [9.17, 15) is 22.4 Å². The summed E-state index contributed by atoms with van der Waals surface area (Å²) < 4.78 is 55.6. The quantitative estimate of drug-likeness (QED) is 0.309. The van der Waals surface area contributed by atoms with Gasteiger partial charge in [-0.25, -0.2) is 19.2 Å². The van der Waals surface area contributed by atoms with Crippen molar-refractivity contribution < 1.29 is 22.4 Å². The number of halogens is 5. The van der Waals surface area contributed by atoms with Crippen molar-refractivity contribution in [1.29, 1.82) is 0 Å². The highest BCUT2D eigenvalue weighted by Gasteiger charge is 2.41. The van der Waals surface area contributed by atoms with E-state index in [1.54, 1.807) is 30.3 Å². The third-order valence-corrected chi connectivity index (χ3v) is 5.57. The largest absolute Gasteiger partial charge is 0.416 e. The summed E-state index contributed by atoms with van der Waals surface area (Å²) in [5.74, 6) is -0.973. The Balaban J connectivity index is 1.91. The van der Waals surface area contributed by atoms with E-state index in [0.717, 1.165) is 12.1 Å². The topological polar surface area (TPSA) is 79.8 Å². The Morgan fingerprint density at radius 2 is 1.69 bits per heavy atom. The van der Waals surface area contributed by atoms with Gasteiger partial charge in [-0.2, -0.15) is 13.2 Å². The van der Waals surface area contributed by atoms with Crippen molar-refractivity contribution in [3.05, 3.63) is 119 Å². The first-order valence-corrected chi connectivity index (χ1v) is 10.9. The Bertz CT molecular complexity index is 1340. The Labute approximate surface area is 208 Å². The molecule has 0 spiro atoms. The summed E-state index contributed by atoms with van der Waals surface area (Å²) in [6, 6.07) is 14.4. The number of hydrogen-bond acceptors (Lipinski definition) is 4. The molecule has 2 aromatic heterocycles. The number of hydrogen-bond donors (Lipinski definition) is 2. The van der Waals surface area contributed by atoms with E-state index in [1.807, 2.05) is 0 Å². The van der Waals surface area contributed by atoms with Crippen LogP contribution < -0.4 is 10.6 Å². The second kappa shape index (κ2) is 10.3. The molecule has 0 bridgehead atoms. The van der Waals surface area contributed by atoms with Gasteiger partial charge in [-0.05, 0) is 47.5 Å². The summed E-state index contributed by atoms with van der Waals surface area (Å²) in [6.45, 7) is 0. The fourth-order valence-corrected chi connectivity index (χ4v) is 3.87. The predicted octanol–water partition coefficient (Wildman–Crippen LogP) is 5.99. The molecule has 0 aliphatic rings. The van der Waals surface area contributed by atoms with Crippen molar-refractivity contribution >= 4 is 23.4 Å². The van der Waals surface area contributed by atoms with Crippen LogP contribution in [0.1, 0.15) is 22.4 Å². The monoisotopic (exact) mass is 515 g/mol. The van der Waals surface area contributed by atoms with Gasteiger partial charge in [0.1, 0.15) is 23.5 Å². The highest BCUT2D eigenvalue weighted by molar-refractivity contribution is 6.30. The lowest BCUT2D eigenvalue weighted by Gasteiger charge is -2.35. The molecule has 0 radical (unpaired) electrons. The summed E-state index contributed by atoms with van der Waals surface area (Å²) in [5.41, 5.74) is -2.31. The van der Waals surface area contributed by atoms with Gasteiger partial charge in [0.2, 0.25) is 0 Å². The number of rotatable bonds is 6. The van der Waals surface area contributed by atoms with Gasteiger partial charge in [-0.3, -0.25) is 10.3 Å². The minimum absolute atomic E-state index is 0.0551. The van der Waals surface area contributed by atoms with E-state index < -0.39 is 29.1 Å². The molecular formula is C25H18ClF4N5O. The molecule has 184 valence electrons. The third kappa shape index (κ3) is 5.77. The molecule has 2 amide bonds. The first kappa shape index (κ1) is 25.1. The molecule has 1 unspecified atom stereocenters. The number of carbonyl (C=O) groups is 1. The summed E-state index contributed by atoms with van der Waals surface area (Å²) in [6.07, 6.45) is -0.963. The van der Waals surface area contributed by atoms with Crippen molar-refractivity contribution in [1.82, 2.24) is 20.3 Å². The predicted molar refractivity (Wildman–Crippen MR) is 126 cm³/mol. The fourth-order valence-electron chi connectivity index (χ4n) is 3.76. The molecule has 2 heterocycles. The molecule has 0 saturated carbocycles. The van der Waals surface area contributed by atoms with Crippen LogP contribution in [0.4, 0.5) is 28.2 Å². The third-order valence-electron chi connectivity index (χ3n) is 5.35. The van der Waals surface area contributed by atoms with Crippen LogP contribution in [0, 0.1) is 5.82 Å². The van der Waals surface area contributed by atoms with E-state index in [1.165, 1.54) is 36.9 Å².